The number of benzene rings is 1. The van der Waals surface area contributed by atoms with Gasteiger partial charge in [-0.15, -0.1) is 0 Å². The van der Waals surface area contributed by atoms with Crippen molar-refractivity contribution in [3.63, 3.8) is 0 Å². The summed E-state index contributed by atoms with van der Waals surface area (Å²) in [7, 11) is 0. The first-order valence-electron chi connectivity index (χ1n) is 8.36. The van der Waals surface area contributed by atoms with E-state index in [1.165, 1.54) is 60.9 Å². The zero-order valence-electron chi connectivity index (χ0n) is 13.3. The van der Waals surface area contributed by atoms with E-state index >= 15 is 0 Å². The van der Waals surface area contributed by atoms with Crippen LogP contribution in [0, 0.1) is 5.41 Å². The molecular formula is C18H27BrN2. The Morgan fingerprint density at radius 1 is 1.29 bits per heavy atom. The summed E-state index contributed by atoms with van der Waals surface area (Å²) in [6.45, 7) is 8.17. The van der Waals surface area contributed by atoms with Crippen LogP contribution in [-0.4, -0.2) is 19.1 Å². The Morgan fingerprint density at radius 3 is 2.62 bits per heavy atom. The maximum absolute atomic E-state index is 3.66. The molecule has 3 rings (SSSR count). The van der Waals surface area contributed by atoms with Crippen molar-refractivity contribution < 1.29 is 0 Å². The van der Waals surface area contributed by atoms with E-state index < -0.39 is 0 Å². The molecule has 1 N–H and O–H groups in total. The number of anilines is 1. The van der Waals surface area contributed by atoms with Crippen LogP contribution in [0.3, 0.4) is 0 Å². The standard InChI is InChI=1S/C18H27BrN2/c1-3-18(2)8-10-21(11-9-18)17-12-15(19)5-4-14(17)13-20-16-6-7-16/h4-5,12,16,20H,3,6-11,13H2,1-2H3. The van der Waals surface area contributed by atoms with E-state index in [9.17, 15) is 0 Å². The lowest BCUT2D eigenvalue weighted by Gasteiger charge is -2.40. The van der Waals surface area contributed by atoms with Gasteiger partial charge in [-0.1, -0.05) is 42.3 Å². The lowest BCUT2D eigenvalue weighted by Crippen LogP contribution is -2.39. The molecule has 21 heavy (non-hydrogen) atoms. The fourth-order valence-corrected chi connectivity index (χ4v) is 3.51. The number of piperidine rings is 1. The van der Waals surface area contributed by atoms with Gasteiger partial charge in [-0.05, 0) is 48.8 Å². The van der Waals surface area contributed by atoms with Crippen molar-refractivity contribution in [1.82, 2.24) is 5.32 Å². The Balaban J connectivity index is 1.72. The minimum absolute atomic E-state index is 0.551. The van der Waals surface area contributed by atoms with Crippen LogP contribution < -0.4 is 10.2 Å². The molecule has 0 amide bonds. The van der Waals surface area contributed by atoms with Crippen LogP contribution in [0.4, 0.5) is 5.69 Å². The molecule has 2 fully saturated rings. The van der Waals surface area contributed by atoms with E-state index in [0.717, 1.165) is 12.6 Å². The van der Waals surface area contributed by atoms with Gasteiger partial charge in [-0.2, -0.15) is 0 Å². The first-order chi connectivity index (χ1) is 10.1. The highest BCUT2D eigenvalue weighted by molar-refractivity contribution is 9.10. The third kappa shape index (κ3) is 3.81. The Hall–Kier alpha value is -0.540. The fourth-order valence-electron chi connectivity index (χ4n) is 3.16. The molecular weight excluding hydrogens is 324 g/mol. The maximum atomic E-state index is 3.66. The maximum Gasteiger partial charge on any atom is 0.0423 e. The van der Waals surface area contributed by atoms with Crippen molar-refractivity contribution in [2.24, 2.45) is 5.41 Å². The van der Waals surface area contributed by atoms with Crippen LogP contribution in [0.15, 0.2) is 22.7 Å². The van der Waals surface area contributed by atoms with E-state index in [-0.39, 0.29) is 0 Å². The van der Waals surface area contributed by atoms with E-state index in [0.29, 0.717) is 5.41 Å². The summed E-state index contributed by atoms with van der Waals surface area (Å²) in [6, 6.07) is 7.53. The molecule has 0 aromatic heterocycles. The number of hydrogen-bond acceptors (Lipinski definition) is 2. The first-order valence-corrected chi connectivity index (χ1v) is 9.16. The largest absolute Gasteiger partial charge is 0.371 e. The van der Waals surface area contributed by atoms with Gasteiger partial charge in [-0.25, -0.2) is 0 Å². The van der Waals surface area contributed by atoms with Gasteiger partial charge >= 0.3 is 0 Å². The van der Waals surface area contributed by atoms with Crippen LogP contribution in [0.5, 0.6) is 0 Å². The lowest BCUT2D eigenvalue weighted by molar-refractivity contribution is 0.238. The summed E-state index contributed by atoms with van der Waals surface area (Å²) in [5.74, 6) is 0. The fraction of sp³-hybridized carbons (Fsp3) is 0.667. The Kier molecular flexibility index (Phi) is 4.60. The molecule has 0 spiro atoms. The predicted molar refractivity (Wildman–Crippen MR) is 93.8 cm³/mol. The molecule has 1 heterocycles. The monoisotopic (exact) mass is 350 g/mol. The van der Waals surface area contributed by atoms with Gasteiger partial charge in [0, 0.05) is 35.8 Å². The molecule has 1 saturated carbocycles. The second kappa shape index (κ2) is 6.29. The highest BCUT2D eigenvalue weighted by Crippen LogP contribution is 2.37. The zero-order chi connectivity index (χ0) is 14.9. The zero-order valence-corrected chi connectivity index (χ0v) is 14.9. The topological polar surface area (TPSA) is 15.3 Å². The van der Waals surface area contributed by atoms with Crippen LogP contribution in [-0.2, 0) is 6.54 Å². The van der Waals surface area contributed by atoms with Crippen LogP contribution >= 0.6 is 15.9 Å². The van der Waals surface area contributed by atoms with Crippen molar-refractivity contribution in [1.29, 1.82) is 0 Å². The highest BCUT2D eigenvalue weighted by atomic mass is 79.9. The molecule has 0 atom stereocenters. The van der Waals surface area contributed by atoms with Gasteiger partial charge in [0.1, 0.15) is 0 Å². The van der Waals surface area contributed by atoms with E-state index in [1.54, 1.807) is 0 Å². The van der Waals surface area contributed by atoms with Gasteiger partial charge in [0.05, 0.1) is 0 Å². The van der Waals surface area contributed by atoms with Gasteiger partial charge in [-0.3, -0.25) is 0 Å². The Labute approximate surface area is 137 Å². The second-order valence-electron chi connectivity index (χ2n) is 7.08. The molecule has 1 aromatic rings. The summed E-state index contributed by atoms with van der Waals surface area (Å²) >= 11 is 3.64. The molecule has 1 aliphatic carbocycles. The van der Waals surface area contributed by atoms with E-state index in [1.807, 2.05) is 0 Å². The van der Waals surface area contributed by atoms with Crippen molar-refractivity contribution in [2.75, 3.05) is 18.0 Å². The molecule has 1 saturated heterocycles. The average Bonchev–Trinajstić information content (AvgIpc) is 3.31. The molecule has 116 valence electrons. The van der Waals surface area contributed by atoms with Crippen molar-refractivity contribution in [3.05, 3.63) is 28.2 Å². The number of nitrogens with zero attached hydrogens (tertiary/aromatic N) is 1. The smallest absolute Gasteiger partial charge is 0.0423 e. The number of hydrogen-bond donors (Lipinski definition) is 1. The highest BCUT2D eigenvalue weighted by Gasteiger charge is 2.29. The number of rotatable bonds is 5. The first kappa shape index (κ1) is 15.4. The predicted octanol–water partition coefficient (Wildman–Crippen LogP) is 4.72. The number of halogens is 1. The molecule has 0 unspecified atom stereocenters. The minimum atomic E-state index is 0.551. The molecule has 2 nitrogen and oxygen atoms in total. The molecule has 1 aliphatic heterocycles. The van der Waals surface area contributed by atoms with Crippen molar-refractivity contribution in [3.8, 4) is 0 Å². The summed E-state index contributed by atoms with van der Waals surface area (Å²) in [5, 5.41) is 3.66. The molecule has 1 aromatic carbocycles. The average molecular weight is 351 g/mol. The minimum Gasteiger partial charge on any atom is -0.371 e. The summed E-state index contributed by atoms with van der Waals surface area (Å²) in [5.41, 5.74) is 3.43. The van der Waals surface area contributed by atoms with Crippen LogP contribution in [0.1, 0.15) is 51.5 Å². The van der Waals surface area contributed by atoms with Gasteiger partial charge in [0.15, 0.2) is 0 Å². The summed E-state index contributed by atoms with van der Waals surface area (Å²) < 4.78 is 1.19. The van der Waals surface area contributed by atoms with E-state index in [2.05, 4.69) is 58.2 Å². The Bertz CT molecular complexity index is 488. The Morgan fingerprint density at radius 2 is 2.00 bits per heavy atom. The lowest BCUT2D eigenvalue weighted by atomic mass is 9.78. The molecule has 3 heteroatoms. The van der Waals surface area contributed by atoms with Crippen LogP contribution in [0.2, 0.25) is 0 Å². The molecule has 2 aliphatic rings. The third-order valence-electron chi connectivity index (χ3n) is 5.37. The van der Waals surface area contributed by atoms with Gasteiger partial charge in [0.2, 0.25) is 0 Å². The van der Waals surface area contributed by atoms with Crippen molar-refractivity contribution in [2.45, 2.75) is 58.5 Å². The third-order valence-corrected chi connectivity index (χ3v) is 5.86. The second-order valence-corrected chi connectivity index (χ2v) is 8.00. The molecule has 0 radical (unpaired) electrons. The molecule has 0 bridgehead atoms. The van der Waals surface area contributed by atoms with Gasteiger partial charge in [0.25, 0.3) is 0 Å². The summed E-state index contributed by atoms with van der Waals surface area (Å²) in [6.07, 6.45) is 6.63. The summed E-state index contributed by atoms with van der Waals surface area (Å²) in [4.78, 5) is 2.59. The van der Waals surface area contributed by atoms with Gasteiger partial charge < -0.3 is 10.2 Å². The normalized spacial score (nSPS) is 21.6. The number of nitrogens with one attached hydrogen (secondary N) is 1. The van der Waals surface area contributed by atoms with Crippen molar-refractivity contribution >= 4 is 21.6 Å². The van der Waals surface area contributed by atoms with E-state index in [4.69, 9.17) is 0 Å². The van der Waals surface area contributed by atoms with Crippen LogP contribution in [0.25, 0.3) is 0 Å². The quantitative estimate of drug-likeness (QED) is 0.826. The SMILES string of the molecule is CCC1(C)CCN(c2cc(Br)ccc2CNC2CC2)CC1.